The lowest BCUT2D eigenvalue weighted by Gasteiger charge is -2.11. The van der Waals surface area contributed by atoms with Gasteiger partial charge in [-0.15, -0.1) is 0 Å². The van der Waals surface area contributed by atoms with Crippen molar-refractivity contribution in [2.45, 2.75) is 84.2 Å². The summed E-state index contributed by atoms with van der Waals surface area (Å²) < 4.78 is 25.9. The zero-order valence-electron chi connectivity index (χ0n) is 20.7. The van der Waals surface area contributed by atoms with Crippen LogP contribution in [0, 0.1) is 0 Å². The van der Waals surface area contributed by atoms with Gasteiger partial charge in [-0.1, -0.05) is 70.4 Å². The van der Waals surface area contributed by atoms with E-state index in [1.807, 2.05) is 0 Å². The molecular weight excluding hydrogens is 475 g/mol. The minimum absolute atomic E-state index is 0.0375. The number of ether oxygens (including phenoxy) is 3. The summed E-state index contributed by atoms with van der Waals surface area (Å²) in [7, 11) is -4.01. The largest absolute Gasteiger partial charge is 0.551 e. The summed E-state index contributed by atoms with van der Waals surface area (Å²) in [5, 5.41) is 0. The summed E-state index contributed by atoms with van der Waals surface area (Å²) in [6.45, 7) is 3.76. The van der Waals surface area contributed by atoms with E-state index in [2.05, 4.69) is 6.92 Å². The molecule has 1 saturated heterocycles. The second kappa shape index (κ2) is 15.8. The van der Waals surface area contributed by atoms with Crippen LogP contribution in [0.2, 0.25) is 0 Å². The van der Waals surface area contributed by atoms with E-state index in [0.29, 0.717) is 6.42 Å². The van der Waals surface area contributed by atoms with Crippen LogP contribution in [0.5, 0.6) is 5.75 Å². The van der Waals surface area contributed by atoms with Crippen LogP contribution in [0.1, 0.15) is 88.4 Å². The van der Waals surface area contributed by atoms with E-state index in [1.54, 1.807) is 19.1 Å². The molecule has 0 saturated carbocycles. The molecule has 1 N–H and O–H groups in total. The molecule has 0 bridgehead atoms. The highest BCUT2D eigenvalue weighted by molar-refractivity contribution is 7.77. The topological polar surface area (TPSA) is 118 Å². The number of para-hydroxylation sites is 1. The monoisotopic (exact) mass is 513 g/mol. The third-order valence-electron chi connectivity index (χ3n) is 5.45. The fourth-order valence-electron chi connectivity index (χ4n) is 3.54. The number of carbonyl (C=O) groups excluding carboxylic acids is 3. The summed E-state index contributed by atoms with van der Waals surface area (Å²) in [5.41, 5.74) is -1.10. The van der Waals surface area contributed by atoms with Gasteiger partial charge in [-0.2, -0.15) is 18.7 Å². The van der Waals surface area contributed by atoms with Crippen molar-refractivity contribution in [3.8, 4) is 5.75 Å². The van der Waals surface area contributed by atoms with E-state index in [9.17, 15) is 19.3 Å². The molecule has 0 aromatic heterocycles. The minimum atomic E-state index is -4.01. The average Bonchev–Trinajstić information content (AvgIpc) is 3.24. The average molecular weight is 514 g/mol. The number of benzene rings is 1. The Labute approximate surface area is 208 Å². The molecule has 2 unspecified atom stereocenters. The van der Waals surface area contributed by atoms with Gasteiger partial charge in [-0.3, -0.25) is 4.79 Å². The van der Waals surface area contributed by atoms with Gasteiger partial charge in [0.15, 0.2) is 6.10 Å². The van der Waals surface area contributed by atoms with Crippen molar-refractivity contribution < 1.29 is 42.5 Å². The number of esters is 2. The Morgan fingerprint density at radius 2 is 1.63 bits per heavy atom. The Bertz CT molecular complexity index is 816. The van der Waals surface area contributed by atoms with Crippen LogP contribution in [0.15, 0.2) is 24.3 Å². The number of rotatable bonds is 16. The van der Waals surface area contributed by atoms with Gasteiger partial charge in [0.2, 0.25) is 0 Å². The predicted molar refractivity (Wildman–Crippen MR) is 131 cm³/mol. The highest BCUT2D eigenvalue weighted by Crippen LogP contribution is 2.63. The Balaban J connectivity index is 1.68. The van der Waals surface area contributed by atoms with Crippen LogP contribution in [-0.4, -0.2) is 48.5 Å². The number of unbranched alkanes of at least 4 members (excludes halogenated alkanes) is 8. The zero-order chi connectivity index (χ0) is 25.5. The van der Waals surface area contributed by atoms with Gasteiger partial charge in [0.05, 0.1) is 6.61 Å². The van der Waals surface area contributed by atoms with E-state index >= 15 is 0 Å². The lowest BCUT2D eigenvalue weighted by Crippen LogP contribution is -2.21. The van der Waals surface area contributed by atoms with Crippen LogP contribution < -0.4 is 4.74 Å². The smallest absolute Gasteiger partial charge is 0.463 e. The molecule has 196 valence electrons. The van der Waals surface area contributed by atoms with E-state index in [0.717, 1.165) is 19.3 Å². The molecule has 1 aromatic rings. The van der Waals surface area contributed by atoms with Gasteiger partial charge < -0.3 is 14.2 Å². The van der Waals surface area contributed by atoms with Crippen LogP contribution in [0.4, 0.5) is 4.79 Å². The molecule has 1 aromatic carbocycles. The predicted octanol–water partition coefficient (Wildman–Crippen LogP) is 6.00. The fraction of sp³-hybridized carbons (Fsp3) is 0.640. The van der Waals surface area contributed by atoms with Crippen LogP contribution in [0.25, 0.3) is 0 Å². The van der Waals surface area contributed by atoms with E-state index in [1.165, 1.54) is 50.7 Å². The van der Waals surface area contributed by atoms with Crippen LogP contribution >= 0.6 is 7.94 Å². The van der Waals surface area contributed by atoms with Crippen molar-refractivity contribution in [2.75, 3.05) is 19.8 Å². The van der Waals surface area contributed by atoms with Crippen LogP contribution in [-0.2, 0) is 23.3 Å². The number of carbonyl (C=O) groups is 3. The quantitative estimate of drug-likeness (QED) is 0.161. The Morgan fingerprint density at radius 3 is 2.31 bits per heavy atom. The number of hydrogen-bond acceptors (Lipinski definition) is 9. The first-order valence-corrected chi connectivity index (χ1v) is 14.1. The maximum atomic E-state index is 12.5. The lowest BCUT2D eigenvalue weighted by molar-refractivity contribution is -0.146. The Morgan fingerprint density at radius 1 is 0.971 bits per heavy atom. The zero-order valence-corrected chi connectivity index (χ0v) is 21.6. The van der Waals surface area contributed by atoms with Crippen molar-refractivity contribution in [3.63, 3.8) is 0 Å². The molecule has 2 atom stereocenters. The van der Waals surface area contributed by atoms with Crippen LogP contribution in [0.3, 0.4) is 0 Å². The van der Waals surface area contributed by atoms with Gasteiger partial charge in [-0.05, 0) is 25.5 Å². The van der Waals surface area contributed by atoms with Crippen molar-refractivity contribution in [3.05, 3.63) is 29.8 Å². The first kappa shape index (κ1) is 29.2. The minimum Gasteiger partial charge on any atom is -0.463 e. The van der Waals surface area contributed by atoms with Gasteiger partial charge in [-0.25, -0.2) is 4.79 Å². The SMILES string of the molecule is CCCCCCCCCCCC(=O)OCC1CO[P+](O)(C(=O)Oc2ccccc2C(=O)OCC)O1. The summed E-state index contributed by atoms with van der Waals surface area (Å²) >= 11 is 0. The molecule has 1 heterocycles. The van der Waals surface area contributed by atoms with E-state index < -0.39 is 25.7 Å². The van der Waals surface area contributed by atoms with Crippen molar-refractivity contribution in [1.29, 1.82) is 0 Å². The molecule has 0 radical (unpaired) electrons. The van der Waals surface area contributed by atoms with E-state index in [4.69, 9.17) is 23.3 Å². The molecule has 10 heteroatoms. The van der Waals surface area contributed by atoms with Crippen molar-refractivity contribution in [1.82, 2.24) is 0 Å². The van der Waals surface area contributed by atoms with Crippen molar-refractivity contribution in [2.24, 2.45) is 0 Å². The highest BCUT2D eigenvalue weighted by atomic mass is 31.2. The summed E-state index contributed by atoms with van der Waals surface area (Å²) in [6, 6.07) is 6.00. The molecule has 1 aliphatic rings. The van der Waals surface area contributed by atoms with Gasteiger partial charge in [0, 0.05) is 6.42 Å². The molecule has 0 spiro atoms. The molecule has 35 heavy (non-hydrogen) atoms. The number of hydrogen-bond donors (Lipinski definition) is 1. The molecule has 2 rings (SSSR count). The molecule has 0 aliphatic carbocycles. The first-order chi connectivity index (χ1) is 16.9. The second-order valence-corrected chi connectivity index (χ2v) is 10.3. The van der Waals surface area contributed by atoms with Gasteiger partial charge >= 0.3 is 25.6 Å². The third kappa shape index (κ3) is 10.2. The summed E-state index contributed by atoms with van der Waals surface area (Å²) in [6.07, 6.45) is 9.94. The van der Waals surface area contributed by atoms with E-state index in [-0.39, 0.29) is 37.1 Å². The fourth-order valence-corrected chi connectivity index (χ4v) is 4.90. The highest BCUT2D eigenvalue weighted by Gasteiger charge is 2.62. The van der Waals surface area contributed by atoms with Gasteiger partial charge in [0.1, 0.15) is 24.5 Å². The maximum Gasteiger partial charge on any atom is 0.551 e. The molecule has 9 nitrogen and oxygen atoms in total. The summed E-state index contributed by atoms with van der Waals surface area (Å²) in [5.74, 6) is -1.09. The lowest BCUT2D eigenvalue weighted by atomic mass is 10.1. The van der Waals surface area contributed by atoms with Gasteiger partial charge in [0.25, 0.3) is 0 Å². The third-order valence-corrected chi connectivity index (χ3v) is 7.09. The maximum absolute atomic E-state index is 12.5. The first-order valence-electron chi connectivity index (χ1n) is 12.5. The molecule has 1 fully saturated rings. The Hall–Kier alpha value is -2.06. The standard InChI is InChI=1S/C25H38O9P/c1-3-5-6-7-8-9-10-11-12-17-23(26)31-18-20-19-32-35(29,34-20)25(28)33-22-16-14-13-15-21(22)24(27)30-4-2/h13-16,20,29H,3-12,17-19H2,1-2H3/q+1. The summed E-state index contributed by atoms with van der Waals surface area (Å²) in [4.78, 5) is 47.1. The molecular formula is C25H38O9P+. The van der Waals surface area contributed by atoms with Crippen molar-refractivity contribution >= 4 is 25.6 Å². The Kier molecular flexibility index (Phi) is 13.2. The molecule has 0 amide bonds. The normalized spacial score (nSPS) is 19.3. The molecule has 1 aliphatic heterocycles. The second-order valence-electron chi connectivity index (χ2n) is 8.39.